The monoisotopic (exact) mass is 280 g/mol. The molecule has 0 atom stereocenters. The topological polar surface area (TPSA) is 50.2 Å². The van der Waals surface area contributed by atoms with E-state index in [9.17, 15) is 4.79 Å². The van der Waals surface area contributed by atoms with Gasteiger partial charge in [0.05, 0.1) is 11.0 Å². The van der Waals surface area contributed by atoms with Crippen LogP contribution in [0.2, 0.25) is 0 Å². The summed E-state index contributed by atoms with van der Waals surface area (Å²) in [5.41, 5.74) is 5.64. The first kappa shape index (κ1) is 13.2. The normalized spacial score (nSPS) is 10.5. The van der Waals surface area contributed by atoms with E-state index in [1.54, 1.807) is 23.0 Å². The summed E-state index contributed by atoms with van der Waals surface area (Å²) >= 11 is 0. The van der Waals surface area contributed by atoms with E-state index in [4.69, 9.17) is 0 Å². The number of carbonyl (C=O) groups is 1. The number of benzene rings is 2. The van der Waals surface area contributed by atoms with Crippen LogP contribution in [0.15, 0.2) is 60.9 Å². The SMILES string of the molecule is CN(Cc1ccccc1)C(=O)Nn1cnc2ccccc21. The predicted octanol–water partition coefficient (Wildman–Crippen LogP) is 2.83. The van der Waals surface area contributed by atoms with Gasteiger partial charge in [-0.15, -0.1) is 0 Å². The molecule has 0 radical (unpaired) electrons. The smallest absolute Gasteiger partial charge is 0.322 e. The minimum absolute atomic E-state index is 0.179. The van der Waals surface area contributed by atoms with Crippen LogP contribution in [0.1, 0.15) is 5.56 Å². The van der Waals surface area contributed by atoms with Crippen molar-refractivity contribution in [3.63, 3.8) is 0 Å². The number of nitrogens with one attached hydrogen (secondary N) is 1. The first-order chi connectivity index (χ1) is 10.2. The number of carbonyl (C=O) groups excluding carboxylic acids is 1. The van der Waals surface area contributed by atoms with Crippen molar-refractivity contribution in [1.29, 1.82) is 0 Å². The Balaban J connectivity index is 1.71. The van der Waals surface area contributed by atoms with Gasteiger partial charge in [0.1, 0.15) is 6.33 Å². The van der Waals surface area contributed by atoms with Gasteiger partial charge in [-0.2, -0.15) is 0 Å². The third kappa shape index (κ3) is 2.86. The van der Waals surface area contributed by atoms with E-state index >= 15 is 0 Å². The fourth-order valence-corrected chi connectivity index (χ4v) is 2.17. The summed E-state index contributed by atoms with van der Waals surface area (Å²) in [6.45, 7) is 0.555. The number of amides is 2. The zero-order chi connectivity index (χ0) is 14.7. The quantitative estimate of drug-likeness (QED) is 0.802. The molecule has 1 aromatic heterocycles. The molecule has 0 aliphatic carbocycles. The number of para-hydroxylation sites is 2. The maximum Gasteiger partial charge on any atom is 0.336 e. The summed E-state index contributed by atoms with van der Waals surface area (Å²) in [6.07, 6.45) is 1.61. The van der Waals surface area contributed by atoms with E-state index in [0.29, 0.717) is 6.54 Å². The number of aromatic nitrogens is 2. The van der Waals surface area contributed by atoms with Crippen LogP contribution in [0.4, 0.5) is 4.79 Å². The molecule has 106 valence electrons. The van der Waals surface area contributed by atoms with Crippen LogP contribution in [-0.4, -0.2) is 27.6 Å². The molecule has 0 bridgehead atoms. The first-order valence-electron chi connectivity index (χ1n) is 6.72. The summed E-state index contributed by atoms with van der Waals surface area (Å²) in [6, 6.07) is 17.4. The van der Waals surface area contributed by atoms with Gasteiger partial charge in [0.15, 0.2) is 0 Å². The van der Waals surface area contributed by atoms with E-state index in [0.717, 1.165) is 16.6 Å². The second-order valence-corrected chi connectivity index (χ2v) is 4.86. The lowest BCUT2D eigenvalue weighted by atomic mass is 10.2. The first-order valence-corrected chi connectivity index (χ1v) is 6.72. The van der Waals surface area contributed by atoms with Crippen LogP contribution in [0.25, 0.3) is 11.0 Å². The van der Waals surface area contributed by atoms with Crippen LogP contribution in [-0.2, 0) is 6.54 Å². The highest BCUT2D eigenvalue weighted by Crippen LogP contribution is 2.10. The Kier molecular flexibility index (Phi) is 3.55. The zero-order valence-electron chi connectivity index (χ0n) is 11.7. The van der Waals surface area contributed by atoms with Gasteiger partial charge in [-0.1, -0.05) is 42.5 Å². The Morgan fingerprint density at radius 3 is 2.67 bits per heavy atom. The molecule has 0 fully saturated rings. The van der Waals surface area contributed by atoms with Crippen molar-refractivity contribution in [3.8, 4) is 0 Å². The Morgan fingerprint density at radius 2 is 1.86 bits per heavy atom. The maximum atomic E-state index is 12.2. The number of fused-ring (bicyclic) bond motifs is 1. The molecule has 0 aliphatic heterocycles. The van der Waals surface area contributed by atoms with Gasteiger partial charge >= 0.3 is 6.03 Å². The standard InChI is InChI=1S/C16H16N4O/c1-19(11-13-7-3-2-4-8-13)16(21)18-20-12-17-14-9-5-6-10-15(14)20/h2-10,12H,11H2,1H3,(H,18,21). The molecule has 0 aliphatic rings. The largest absolute Gasteiger partial charge is 0.336 e. The Labute approximate surface area is 122 Å². The average molecular weight is 280 g/mol. The van der Waals surface area contributed by atoms with Crippen LogP contribution >= 0.6 is 0 Å². The number of imidazole rings is 1. The summed E-state index contributed by atoms with van der Waals surface area (Å²) in [4.78, 5) is 18.1. The summed E-state index contributed by atoms with van der Waals surface area (Å²) < 4.78 is 1.64. The molecular weight excluding hydrogens is 264 g/mol. The average Bonchev–Trinajstić information content (AvgIpc) is 2.91. The molecule has 21 heavy (non-hydrogen) atoms. The molecule has 3 rings (SSSR count). The van der Waals surface area contributed by atoms with Crippen LogP contribution in [0.3, 0.4) is 0 Å². The van der Waals surface area contributed by atoms with Gasteiger partial charge < -0.3 is 4.90 Å². The van der Waals surface area contributed by atoms with E-state index in [1.165, 1.54) is 0 Å². The molecule has 0 spiro atoms. The highest BCUT2D eigenvalue weighted by atomic mass is 16.2. The number of hydrogen-bond donors (Lipinski definition) is 1. The van der Waals surface area contributed by atoms with Gasteiger partial charge in [-0.05, 0) is 17.7 Å². The number of hydrogen-bond acceptors (Lipinski definition) is 2. The highest BCUT2D eigenvalue weighted by molar-refractivity contribution is 5.84. The fourth-order valence-electron chi connectivity index (χ4n) is 2.17. The molecule has 0 saturated carbocycles. The van der Waals surface area contributed by atoms with E-state index in [2.05, 4.69) is 10.4 Å². The summed E-state index contributed by atoms with van der Waals surface area (Å²) in [5.74, 6) is 0. The molecule has 0 unspecified atom stereocenters. The summed E-state index contributed by atoms with van der Waals surface area (Å²) in [5, 5.41) is 0. The number of urea groups is 1. The maximum absolute atomic E-state index is 12.2. The molecule has 2 amide bonds. The van der Waals surface area contributed by atoms with Crippen molar-refractivity contribution >= 4 is 17.1 Å². The van der Waals surface area contributed by atoms with Crippen molar-refractivity contribution in [3.05, 3.63) is 66.5 Å². The number of nitrogens with zero attached hydrogens (tertiary/aromatic N) is 3. The summed E-state index contributed by atoms with van der Waals surface area (Å²) in [7, 11) is 1.77. The van der Waals surface area contributed by atoms with E-state index < -0.39 is 0 Å². The van der Waals surface area contributed by atoms with Crippen LogP contribution in [0.5, 0.6) is 0 Å². The molecule has 1 heterocycles. The molecular formula is C16H16N4O. The molecule has 1 N–H and O–H groups in total. The van der Waals surface area contributed by atoms with Crippen molar-refractivity contribution in [2.45, 2.75) is 6.54 Å². The zero-order valence-corrected chi connectivity index (χ0v) is 11.7. The van der Waals surface area contributed by atoms with Crippen LogP contribution < -0.4 is 5.43 Å². The van der Waals surface area contributed by atoms with Gasteiger partial charge in [-0.25, -0.2) is 19.9 Å². The second kappa shape index (κ2) is 5.66. The van der Waals surface area contributed by atoms with Crippen molar-refractivity contribution < 1.29 is 4.79 Å². The Bertz CT molecular complexity index is 751. The Morgan fingerprint density at radius 1 is 1.14 bits per heavy atom. The molecule has 3 aromatic rings. The van der Waals surface area contributed by atoms with Crippen molar-refractivity contribution in [1.82, 2.24) is 14.6 Å². The molecule has 2 aromatic carbocycles. The lowest BCUT2D eigenvalue weighted by molar-refractivity contribution is 0.217. The number of rotatable bonds is 3. The van der Waals surface area contributed by atoms with Crippen molar-refractivity contribution in [2.75, 3.05) is 12.5 Å². The Hall–Kier alpha value is -2.82. The fraction of sp³-hybridized carbons (Fsp3) is 0.125. The van der Waals surface area contributed by atoms with Gasteiger partial charge in [0, 0.05) is 13.6 Å². The van der Waals surface area contributed by atoms with Crippen LogP contribution in [0, 0.1) is 0 Å². The minimum Gasteiger partial charge on any atom is -0.322 e. The lowest BCUT2D eigenvalue weighted by Crippen LogP contribution is -2.35. The predicted molar refractivity (Wildman–Crippen MR) is 82.4 cm³/mol. The molecule has 5 nitrogen and oxygen atoms in total. The molecule has 5 heteroatoms. The third-order valence-electron chi connectivity index (χ3n) is 3.28. The lowest BCUT2D eigenvalue weighted by Gasteiger charge is -2.18. The highest BCUT2D eigenvalue weighted by Gasteiger charge is 2.10. The second-order valence-electron chi connectivity index (χ2n) is 4.86. The van der Waals surface area contributed by atoms with E-state index in [1.807, 2.05) is 54.6 Å². The minimum atomic E-state index is -0.179. The van der Waals surface area contributed by atoms with Gasteiger partial charge in [-0.3, -0.25) is 0 Å². The van der Waals surface area contributed by atoms with E-state index in [-0.39, 0.29) is 6.03 Å². The third-order valence-corrected chi connectivity index (χ3v) is 3.28. The van der Waals surface area contributed by atoms with Gasteiger partial charge in [0.25, 0.3) is 0 Å². The van der Waals surface area contributed by atoms with Gasteiger partial charge in [0.2, 0.25) is 0 Å². The van der Waals surface area contributed by atoms with Crippen molar-refractivity contribution in [2.24, 2.45) is 0 Å². The molecule has 0 saturated heterocycles.